The van der Waals surface area contributed by atoms with E-state index in [1.807, 2.05) is 0 Å². The second kappa shape index (κ2) is 30.2. The molecule has 1 aliphatic carbocycles. The highest BCUT2D eigenvalue weighted by Crippen LogP contribution is 2.40. The van der Waals surface area contributed by atoms with E-state index in [0.717, 1.165) is 40.1 Å². The zero-order chi connectivity index (χ0) is 29.9. The molecule has 1 saturated carbocycles. The SMILES string of the molecule is CCC(SC(C)C(C)C)C(C)C(C)C1CCCCC1.CCCCCCC.CCCCCCSCCC(C)CC. The topological polar surface area (TPSA) is 0 Å². The number of thioether (sulfide) groups is 2. The maximum atomic E-state index is 2.53. The third-order valence-corrected chi connectivity index (χ3v) is 12.5. The number of rotatable bonds is 20. The molecule has 5 atom stereocenters. The van der Waals surface area contributed by atoms with Crippen LogP contribution in [0.4, 0.5) is 0 Å². The highest BCUT2D eigenvalue weighted by atomic mass is 32.2. The van der Waals surface area contributed by atoms with Gasteiger partial charge in [0.1, 0.15) is 0 Å². The third-order valence-electron chi connectivity index (χ3n) is 9.34. The minimum Gasteiger partial charge on any atom is -0.162 e. The molecule has 5 unspecified atom stereocenters. The van der Waals surface area contributed by atoms with Crippen LogP contribution in [0.25, 0.3) is 0 Å². The highest BCUT2D eigenvalue weighted by Gasteiger charge is 2.30. The van der Waals surface area contributed by atoms with Crippen molar-refractivity contribution in [2.75, 3.05) is 11.5 Å². The minimum atomic E-state index is 0.797. The Labute approximate surface area is 259 Å². The molecule has 1 aliphatic rings. The van der Waals surface area contributed by atoms with Gasteiger partial charge >= 0.3 is 0 Å². The van der Waals surface area contributed by atoms with Crippen LogP contribution in [-0.4, -0.2) is 22.0 Å². The second-order valence-electron chi connectivity index (χ2n) is 13.2. The summed E-state index contributed by atoms with van der Waals surface area (Å²) in [5, 5.41) is 1.65. The Bertz CT molecular complexity index is 452. The molecular formula is C37H78S2. The van der Waals surface area contributed by atoms with Crippen LogP contribution in [0.5, 0.6) is 0 Å². The predicted octanol–water partition coefficient (Wildman–Crippen LogP) is 14.1. The normalized spacial score (nSPS) is 17.8. The maximum Gasteiger partial charge on any atom is 0.00754 e. The van der Waals surface area contributed by atoms with E-state index >= 15 is 0 Å². The Balaban J connectivity index is 0. The Kier molecular flexibility index (Phi) is 32.4. The summed E-state index contributed by atoms with van der Waals surface area (Å²) in [6.07, 6.45) is 24.2. The standard InChI is InChI=1S/C18H36S.C12H26S.C7H16/c1-7-18(19-16(6)13(2)3)15(5)14(4)17-11-9-8-10-12-17;1-4-6-7-8-10-13-11-9-12(3)5-2;1-3-5-7-6-4-2/h13-18H,7-12H2,1-6H3;12H,4-11H2,1-3H3;3-7H2,1-2H3. The van der Waals surface area contributed by atoms with Gasteiger partial charge in [-0.3, -0.25) is 0 Å². The first kappa shape index (κ1) is 41.8. The van der Waals surface area contributed by atoms with E-state index in [9.17, 15) is 0 Å². The fourth-order valence-electron chi connectivity index (χ4n) is 5.35. The van der Waals surface area contributed by atoms with Crippen LogP contribution in [-0.2, 0) is 0 Å². The van der Waals surface area contributed by atoms with E-state index < -0.39 is 0 Å². The lowest BCUT2D eigenvalue weighted by molar-refractivity contribution is 0.199. The molecule has 0 aliphatic heterocycles. The Morgan fingerprint density at radius 1 is 0.615 bits per heavy atom. The zero-order valence-corrected chi connectivity index (χ0v) is 30.9. The first-order valence-electron chi connectivity index (χ1n) is 17.9. The summed E-state index contributed by atoms with van der Waals surface area (Å²) < 4.78 is 0. The molecule has 39 heavy (non-hydrogen) atoms. The molecular weight excluding hydrogens is 509 g/mol. The van der Waals surface area contributed by atoms with Gasteiger partial charge in [-0.15, -0.1) is 0 Å². The van der Waals surface area contributed by atoms with E-state index in [4.69, 9.17) is 0 Å². The van der Waals surface area contributed by atoms with Crippen LogP contribution in [0, 0.1) is 29.6 Å². The van der Waals surface area contributed by atoms with Crippen molar-refractivity contribution in [1.29, 1.82) is 0 Å². The highest BCUT2D eigenvalue weighted by molar-refractivity contribution is 8.00. The average molecular weight is 587 g/mol. The average Bonchev–Trinajstić information content (AvgIpc) is 2.95. The van der Waals surface area contributed by atoms with Crippen molar-refractivity contribution in [2.24, 2.45) is 29.6 Å². The van der Waals surface area contributed by atoms with Gasteiger partial charge in [-0.05, 0) is 60.4 Å². The van der Waals surface area contributed by atoms with E-state index in [2.05, 4.69) is 99.7 Å². The van der Waals surface area contributed by atoms with Gasteiger partial charge in [0.05, 0.1) is 0 Å². The first-order valence-corrected chi connectivity index (χ1v) is 20.0. The lowest BCUT2D eigenvalue weighted by Gasteiger charge is -2.36. The summed E-state index contributed by atoms with van der Waals surface area (Å²) in [6, 6.07) is 0. The van der Waals surface area contributed by atoms with Crippen molar-refractivity contribution in [2.45, 2.75) is 196 Å². The summed E-state index contributed by atoms with van der Waals surface area (Å²) in [5.41, 5.74) is 0. The summed E-state index contributed by atoms with van der Waals surface area (Å²) >= 11 is 4.40. The van der Waals surface area contributed by atoms with Gasteiger partial charge in [0, 0.05) is 10.5 Å². The predicted molar refractivity (Wildman–Crippen MR) is 191 cm³/mol. The largest absolute Gasteiger partial charge is 0.162 e. The van der Waals surface area contributed by atoms with E-state index in [1.54, 1.807) is 0 Å². The number of hydrogen-bond acceptors (Lipinski definition) is 2. The number of unbranched alkanes of at least 4 members (excludes halogenated alkanes) is 7. The van der Waals surface area contributed by atoms with Crippen molar-refractivity contribution in [3.8, 4) is 0 Å². The van der Waals surface area contributed by atoms with Crippen molar-refractivity contribution < 1.29 is 0 Å². The van der Waals surface area contributed by atoms with Gasteiger partial charge in [-0.25, -0.2) is 0 Å². The molecule has 1 rings (SSSR count). The van der Waals surface area contributed by atoms with Crippen molar-refractivity contribution in [3.63, 3.8) is 0 Å². The van der Waals surface area contributed by atoms with Crippen LogP contribution < -0.4 is 0 Å². The van der Waals surface area contributed by atoms with Crippen molar-refractivity contribution in [1.82, 2.24) is 0 Å². The zero-order valence-electron chi connectivity index (χ0n) is 29.3. The van der Waals surface area contributed by atoms with Gasteiger partial charge in [-0.1, -0.05) is 166 Å². The van der Waals surface area contributed by atoms with E-state index in [0.29, 0.717) is 0 Å². The Hall–Kier alpha value is 0.700. The molecule has 0 saturated heterocycles. The monoisotopic (exact) mass is 587 g/mol. The molecule has 0 aromatic rings. The summed E-state index contributed by atoms with van der Waals surface area (Å²) in [5.74, 6) is 7.29. The van der Waals surface area contributed by atoms with Gasteiger partial charge in [0.2, 0.25) is 0 Å². The van der Waals surface area contributed by atoms with Crippen LogP contribution in [0.3, 0.4) is 0 Å². The Morgan fingerprint density at radius 2 is 1.15 bits per heavy atom. The lowest BCUT2D eigenvalue weighted by atomic mass is 9.74. The summed E-state index contributed by atoms with van der Waals surface area (Å²) in [4.78, 5) is 0. The second-order valence-corrected chi connectivity index (χ2v) is 16.0. The molecule has 0 heterocycles. The smallest absolute Gasteiger partial charge is 0.00754 e. The summed E-state index contributed by atoms with van der Waals surface area (Å²) in [7, 11) is 0. The minimum absolute atomic E-state index is 0.797. The third kappa shape index (κ3) is 25.0. The van der Waals surface area contributed by atoms with Gasteiger partial charge in [0.15, 0.2) is 0 Å². The van der Waals surface area contributed by atoms with Crippen LogP contribution in [0.1, 0.15) is 185 Å². The molecule has 1 fully saturated rings. The molecule has 238 valence electrons. The fourth-order valence-corrected chi connectivity index (χ4v) is 8.09. The molecule has 0 nitrogen and oxygen atoms in total. The molecule has 0 spiro atoms. The van der Waals surface area contributed by atoms with Gasteiger partial charge < -0.3 is 0 Å². The van der Waals surface area contributed by atoms with Gasteiger partial charge in [0.25, 0.3) is 0 Å². The molecule has 0 N–H and O–H groups in total. The van der Waals surface area contributed by atoms with E-state index in [1.165, 1.54) is 121 Å². The number of hydrogen-bond donors (Lipinski definition) is 0. The quantitative estimate of drug-likeness (QED) is 0.130. The van der Waals surface area contributed by atoms with Crippen molar-refractivity contribution >= 4 is 23.5 Å². The first-order chi connectivity index (χ1) is 18.7. The van der Waals surface area contributed by atoms with Crippen LogP contribution in [0.15, 0.2) is 0 Å². The molecule has 0 amide bonds. The molecule has 2 heteroatoms. The molecule has 0 aromatic heterocycles. The van der Waals surface area contributed by atoms with Crippen molar-refractivity contribution in [3.05, 3.63) is 0 Å². The maximum absolute atomic E-state index is 2.53. The van der Waals surface area contributed by atoms with Gasteiger partial charge in [-0.2, -0.15) is 23.5 Å². The Morgan fingerprint density at radius 3 is 1.62 bits per heavy atom. The lowest BCUT2D eigenvalue weighted by Crippen LogP contribution is -2.29. The molecule has 0 radical (unpaired) electrons. The summed E-state index contributed by atoms with van der Waals surface area (Å²) in [6.45, 7) is 26.0. The molecule has 0 bridgehead atoms. The molecule has 0 aromatic carbocycles. The van der Waals surface area contributed by atoms with E-state index in [-0.39, 0.29) is 0 Å². The van der Waals surface area contributed by atoms with Crippen LogP contribution in [0.2, 0.25) is 0 Å². The van der Waals surface area contributed by atoms with Crippen LogP contribution >= 0.6 is 23.5 Å². The fraction of sp³-hybridized carbons (Fsp3) is 1.00.